The Kier molecular flexibility index (Phi) is 4.52. The molecular weight excluding hydrogens is 218 g/mol. The van der Waals surface area contributed by atoms with Crippen LogP contribution in [-0.4, -0.2) is 23.2 Å². The number of rotatable bonds is 5. The maximum Gasteiger partial charge on any atom is 0.244 e. The van der Waals surface area contributed by atoms with Gasteiger partial charge in [0, 0.05) is 12.6 Å². The number of amides is 1. The topological polar surface area (TPSA) is 62.5 Å². The summed E-state index contributed by atoms with van der Waals surface area (Å²) in [6, 6.07) is 3.63. The van der Waals surface area contributed by atoms with Gasteiger partial charge in [0.1, 0.15) is 11.5 Å². The number of hydrogen-bond donors (Lipinski definition) is 2. The van der Waals surface area contributed by atoms with Crippen molar-refractivity contribution in [3.8, 4) is 0 Å². The minimum atomic E-state index is -0.856. The molecule has 2 N–H and O–H groups in total. The van der Waals surface area contributed by atoms with Crippen molar-refractivity contribution in [1.82, 2.24) is 5.32 Å². The van der Waals surface area contributed by atoms with E-state index in [4.69, 9.17) is 4.42 Å². The molecule has 0 saturated carbocycles. The van der Waals surface area contributed by atoms with Gasteiger partial charge in [-0.2, -0.15) is 0 Å². The fraction of sp³-hybridized carbons (Fsp3) is 0.462. The van der Waals surface area contributed by atoms with Crippen molar-refractivity contribution in [2.24, 2.45) is 0 Å². The quantitative estimate of drug-likeness (QED) is 0.768. The highest BCUT2D eigenvalue weighted by molar-refractivity contribution is 5.91. The Morgan fingerprint density at radius 3 is 2.82 bits per heavy atom. The Bertz CT molecular complexity index is 405. The standard InChI is InChI=1S/C13H19NO3/c1-4-13(3,16)9-14-12(15)8-7-11-6-5-10(2)17-11/h5-8,16H,4,9H2,1-3H3,(H,14,15). The number of hydrogen-bond acceptors (Lipinski definition) is 3. The lowest BCUT2D eigenvalue weighted by Crippen LogP contribution is -2.39. The first-order valence-electron chi connectivity index (χ1n) is 5.68. The van der Waals surface area contributed by atoms with Crippen molar-refractivity contribution in [2.45, 2.75) is 32.8 Å². The molecule has 1 aromatic rings. The molecule has 0 bridgehead atoms. The fourth-order valence-electron chi connectivity index (χ4n) is 1.16. The maximum atomic E-state index is 11.4. The molecule has 0 aliphatic heterocycles. The summed E-state index contributed by atoms with van der Waals surface area (Å²) in [5, 5.41) is 12.3. The summed E-state index contributed by atoms with van der Waals surface area (Å²) in [5.41, 5.74) is -0.856. The van der Waals surface area contributed by atoms with E-state index in [2.05, 4.69) is 5.32 Å². The van der Waals surface area contributed by atoms with Crippen molar-refractivity contribution < 1.29 is 14.3 Å². The highest BCUT2D eigenvalue weighted by atomic mass is 16.3. The molecule has 0 radical (unpaired) electrons. The van der Waals surface area contributed by atoms with Gasteiger partial charge >= 0.3 is 0 Å². The van der Waals surface area contributed by atoms with Crippen LogP contribution in [0.25, 0.3) is 6.08 Å². The SMILES string of the molecule is CCC(C)(O)CNC(=O)C=Cc1ccc(C)o1. The first-order valence-corrected chi connectivity index (χ1v) is 5.68. The third kappa shape index (κ3) is 4.87. The van der Waals surface area contributed by atoms with Crippen LogP contribution in [0.2, 0.25) is 0 Å². The predicted molar refractivity (Wildman–Crippen MR) is 66.4 cm³/mol. The minimum Gasteiger partial charge on any atom is -0.462 e. The van der Waals surface area contributed by atoms with Crippen LogP contribution in [-0.2, 0) is 4.79 Å². The third-order valence-electron chi connectivity index (χ3n) is 2.57. The second-order valence-electron chi connectivity index (χ2n) is 4.35. The first kappa shape index (κ1) is 13.5. The average molecular weight is 237 g/mol. The molecule has 0 saturated heterocycles. The summed E-state index contributed by atoms with van der Waals surface area (Å²) < 4.78 is 5.28. The zero-order valence-corrected chi connectivity index (χ0v) is 10.5. The molecule has 0 aliphatic rings. The van der Waals surface area contributed by atoms with Gasteiger partial charge in [0.15, 0.2) is 0 Å². The normalized spacial score (nSPS) is 14.8. The lowest BCUT2D eigenvalue weighted by atomic mass is 10.0. The number of nitrogens with one attached hydrogen (secondary N) is 1. The molecule has 17 heavy (non-hydrogen) atoms. The Labute approximate surface area is 101 Å². The largest absolute Gasteiger partial charge is 0.462 e. The van der Waals surface area contributed by atoms with Crippen LogP contribution in [0.4, 0.5) is 0 Å². The van der Waals surface area contributed by atoms with E-state index in [1.807, 2.05) is 19.9 Å². The van der Waals surface area contributed by atoms with Gasteiger partial charge in [0.25, 0.3) is 0 Å². The summed E-state index contributed by atoms with van der Waals surface area (Å²) >= 11 is 0. The summed E-state index contributed by atoms with van der Waals surface area (Å²) in [5.74, 6) is 1.20. The number of carbonyl (C=O) groups is 1. The Balaban J connectivity index is 2.42. The van der Waals surface area contributed by atoms with E-state index in [1.165, 1.54) is 6.08 Å². The van der Waals surface area contributed by atoms with Crippen LogP contribution in [0.15, 0.2) is 22.6 Å². The monoisotopic (exact) mass is 237 g/mol. The number of carbonyl (C=O) groups excluding carboxylic acids is 1. The van der Waals surface area contributed by atoms with E-state index in [9.17, 15) is 9.90 Å². The van der Waals surface area contributed by atoms with Gasteiger partial charge < -0.3 is 14.8 Å². The van der Waals surface area contributed by atoms with Gasteiger partial charge in [0.2, 0.25) is 5.91 Å². The molecule has 1 heterocycles. The van der Waals surface area contributed by atoms with Gasteiger partial charge in [-0.25, -0.2) is 0 Å². The molecule has 0 spiro atoms. The third-order valence-corrected chi connectivity index (χ3v) is 2.57. The van der Waals surface area contributed by atoms with E-state index >= 15 is 0 Å². The van der Waals surface area contributed by atoms with E-state index in [0.717, 1.165) is 5.76 Å². The summed E-state index contributed by atoms with van der Waals surface area (Å²) in [6.07, 6.45) is 3.58. The van der Waals surface area contributed by atoms with Crippen LogP contribution in [0.3, 0.4) is 0 Å². The number of aliphatic hydroxyl groups is 1. The van der Waals surface area contributed by atoms with E-state index < -0.39 is 5.60 Å². The summed E-state index contributed by atoms with van der Waals surface area (Å²) in [7, 11) is 0. The van der Waals surface area contributed by atoms with Gasteiger partial charge in [-0.15, -0.1) is 0 Å². The first-order chi connectivity index (χ1) is 7.93. The number of aryl methyl sites for hydroxylation is 1. The van der Waals surface area contributed by atoms with Crippen LogP contribution >= 0.6 is 0 Å². The van der Waals surface area contributed by atoms with Crippen molar-refractivity contribution in [1.29, 1.82) is 0 Å². The molecule has 1 atom stereocenters. The second-order valence-corrected chi connectivity index (χ2v) is 4.35. The van der Waals surface area contributed by atoms with E-state index in [-0.39, 0.29) is 12.5 Å². The van der Waals surface area contributed by atoms with Gasteiger partial charge in [-0.3, -0.25) is 4.79 Å². The van der Waals surface area contributed by atoms with Crippen molar-refractivity contribution in [3.63, 3.8) is 0 Å². The maximum absolute atomic E-state index is 11.4. The fourth-order valence-corrected chi connectivity index (χ4v) is 1.16. The van der Waals surface area contributed by atoms with Crippen molar-refractivity contribution in [3.05, 3.63) is 29.7 Å². The van der Waals surface area contributed by atoms with Crippen LogP contribution in [0.1, 0.15) is 31.8 Å². The van der Waals surface area contributed by atoms with Gasteiger partial charge in [-0.1, -0.05) is 6.92 Å². The molecule has 1 aromatic heterocycles. The van der Waals surface area contributed by atoms with Crippen LogP contribution in [0.5, 0.6) is 0 Å². The van der Waals surface area contributed by atoms with Crippen LogP contribution < -0.4 is 5.32 Å². The van der Waals surface area contributed by atoms with E-state index in [0.29, 0.717) is 12.2 Å². The Morgan fingerprint density at radius 1 is 1.59 bits per heavy atom. The molecule has 1 rings (SSSR count). The highest BCUT2D eigenvalue weighted by Crippen LogP contribution is 2.08. The minimum absolute atomic E-state index is 0.240. The van der Waals surface area contributed by atoms with Gasteiger partial charge in [0.05, 0.1) is 5.60 Å². The molecule has 1 amide bonds. The Morgan fingerprint density at radius 2 is 2.29 bits per heavy atom. The van der Waals surface area contributed by atoms with Crippen LogP contribution in [0, 0.1) is 6.92 Å². The lowest BCUT2D eigenvalue weighted by molar-refractivity contribution is -0.117. The average Bonchev–Trinajstić information content (AvgIpc) is 2.70. The van der Waals surface area contributed by atoms with Crippen molar-refractivity contribution >= 4 is 12.0 Å². The summed E-state index contributed by atoms with van der Waals surface area (Å²) in [4.78, 5) is 11.4. The summed E-state index contributed by atoms with van der Waals surface area (Å²) in [6.45, 7) is 5.64. The molecule has 0 fully saturated rings. The molecule has 4 nitrogen and oxygen atoms in total. The highest BCUT2D eigenvalue weighted by Gasteiger charge is 2.17. The molecule has 4 heteroatoms. The number of furan rings is 1. The lowest BCUT2D eigenvalue weighted by Gasteiger charge is -2.20. The van der Waals surface area contributed by atoms with Gasteiger partial charge in [-0.05, 0) is 38.5 Å². The predicted octanol–water partition coefficient (Wildman–Crippen LogP) is 1.88. The zero-order valence-electron chi connectivity index (χ0n) is 10.5. The second kappa shape index (κ2) is 5.68. The molecule has 0 aromatic carbocycles. The zero-order chi connectivity index (χ0) is 12.9. The molecule has 94 valence electrons. The Hall–Kier alpha value is -1.55. The molecule has 0 aliphatic carbocycles. The van der Waals surface area contributed by atoms with E-state index in [1.54, 1.807) is 19.1 Å². The smallest absolute Gasteiger partial charge is 0.244 e. The molecule has 1 unspecified atom stereocenters. The molecular formula is C13H19NO3. The van der Waals surface area contributed by atoms with Crippen molar-refractivity contribution in [2.75, 3.05) is 6.54 Å².